The van der Waals surface area contributed by atoms with Crippen LogP contribution in [-0.4, -0.2) is 20.7 Å². The summed E-state index contributed by atoms with van der Waals surface area (Å²) in [6, 6.07) is 5.31. The van der Waals surface area contributed by atoms with Crippen LogP contribution in [0.25, 0.3) is 11.0 Å². The van der Waals surface area contributed by atoms with Crippen molar-refractivity contribution in [3.05, 3.63) is 35.8 Å². The lowest BCUT2D eigenvalue weighted by atomic mass is 10.1. The normalized spacial score (nSPS) is 13.2. The van der Waals surface area contributed by atoms with Crippen molar-refractivity contribution in [1.82, 2.24) is 5.32 Å². The van der Waals surface area contributed by atoms with E-state index in [-0.39, 0.29) is 17.5 Å². The highest BCUT2D eigenvalue weighted by Gasteiger charge is 2.17. The van der Waals surface area contributed by atoms with Crippen molar-refractivity contribution < 1.29 is 13.5 Å². The quantitative estimate of drug-likeness (QED) is 0.864. The predicted molar refractivity (Wildman–Crippen MR) is 59.8 cm³/mol. The van der Waals surface area contributed by atoms with E-state index < -0.39 is 0 Å². The maximum Gasteiger partial charge on any atom is 0.172 e. The number of halogens is 1. The number of likely N-dealkylation sites (N-methyl/N-ethyl adjacent to an activating group) is 1. The van der Waals surface area contributed by atoms with Crippen molar-refractivity contribution in [1.29, 1.82) is 0 Å². The highest BCUT2D eigenvalue weighted by Crippen LogP contribution is 2.27. The molecule has 1 atom stereocenters. The Hall–Kier alpha value is -1.39. The van der Waals surface area contributed by atoms with Gasteiger partial charge < -0.3 is 14.5 Å². The molecule has 0 aliphatic rings. The van der Waals surface area contributed by atoms with Crippen molar-refractivity contribution in [2.45, 2.75) is 6.10 Å². The van der Waals surface area contributed by atoms with Gasteiger partial charge in [0.25, 0.3) is 0 Å². The van der Waals surface area contributed by atoms with Gasteiger partial charge >= 0.3 is 0 Å². The number of methoxy groups -OCH3 is 1. The summed E-state index contributed by atoms with van der Waals surface area (Å²) in [5.41, 5.74) is 0.801. The number of ether oxygens (including phenoxy) is 1. The summed E-state index contributed by atoms with van der Waals surface area (Å²) < 4.78 is 24.4. The molecule has 0 saturated heterocycles. The van der Waals surface area contributed by atoms with Crippen molar-refractivity contribution in [2.24, 2.45) is 0 Å². The highest BCUT2D eigenvalue weighted by atomic mass is 19.1. The SMILES string of the molecule is CNCC(OC)c1ccc2ccoc2c1F. The van der Waals surface area contributed by atoms with Crippen LogP contribution in [-0.2, 0) is 4.74 Å². The Bertz CT molecular complexity index is 481. The zero-order valence-electron chi connectivity index (χ0n) is 9.29. The van der Waals surface area contributed by atoms with Crippen LogP contribution in [0.15, 0.2) is 28.9 Å². The molecule has 0 amide bonds. The lowest BCUT2D eigenvalue weighted by Gasteiger charge is -2.15. The van der Waals surface area contributed by atoms with Crippen LogP contribution in [0.3, 0.4) is 0 Å². The zero-order chi connectivity index (χ0) is 11.5. The maximum atomic E-state index is 14.1. The number of benzene rings is 1. The molecule has 0 aliphatic heterocycles. The van der Waals surface area contributed by atoms with Crippen LogP contribution >= 0.6 is 0 Å². The first-order valence-corrected chi connectivity index (χ1v) is 5.11. The topological polar surface area (TPSA) is 34.4 Å². The maximum absolute atomic E-state index is 14.1. The van der Waals surface area contributed by atoms with Gasteiger partial charge in [0.05, 0.1) is 12.4 Å². The van der Waals surface area contributed by atoms with Crippen molar-refractivity contribution in [3.8, 4) is 0 Å². The predicted octanol–water partition coefficient (Wildman–Crippen LogP) is 2.48. The van der Waals surface area contributed by atoms with Gasteiger partial charge in [0.2, 0.25) is 0 Å². The second kappa shape index (κ2) is 4.63. The number of hydrogen-bond donors (Lipinski definition) is 1. The zero-order valence-corrected chi connectivity index (χ0v) is 9.29. The second-order valence-electron chi connectivity index (χ2n) is 3.59. The minimum atomic E-state index is -0.343. The lowest BCUT2D eigenvalue weighted by Crippen LogP contribution is -2.19. The summed E-state index contributed by atoms with van der Waals surface area (Å²) in [4.78, 5) is 0. The first-order valence-electron chi connectivity index (χ1n) is 5.11. The van der Waals surface area contributed by atoms with Crippen LogP contribution in [0, 0.1) is 5.82 Å². The monoisotopic (exact) mass is 223 g/mol. The van der Waals surface area contributed by atoms with E-state index in [0.29, 0.717) is 12.1 Å². The number of rotatable bonds is 4. The molecule has 0 saturated carbocycles. The van der Waals surface area contributed by atoms with Gasteiger partial charge in [-0.3, -0.25) is 0 Å². The van der Waals surface area contributed by atoms with E-state index in [2.05, 4.69) is 5.32 Å². The van der Waals surface area contributed by atoms with Crippen LogP contribution in [0.5, 0.6) is 0 Å². The highest BCUT2D eigenvalue weighted by molar-refractivity contribution is 5.78. The Morgan fingerprint density at radius 2 is 2.25 bits per heavy atom. The van der Waals surface area contributed by atoms with Gasteiger partial charge in [-0.15, -0.1) is 0 Å². The van der Waals surface area contributed by atoms with E-state index in [4.69, 9.17) is 9.15 Å². The molecule has 0 fully saturated rings. The molecule has 2 rings (SSSR count). The van der Waals surface area contributed by atoms with Gasteiger partial charge in [-0.05, 0) is 13.1 Å². The fourth-order valence-electron chi connectivity index (χ4n) is 1.77. The van der Waals surface area contributed by atoms with Crippen LogP contribution in [0.1, 0.15) is 11.7 Å². The van der Waals surface area contributed by atoms with E-state index in [9.17, 15) is 4.39 Å². The molecule has 16 heavy (non-hydrogen) atoms. The summed E-state index contributed by atoms with van der Waals surface area (Å²) >= 11 is 0. The van der Waals surface area contributed by atoms with E-state index in [1.54, 1.807) is 26.3 Å². The fraction of sp³-hybridized carbons (Fsp3) is 0.333. The van der Waals surface area contributed by atoms with Gasteiger partial charge in [-0.2, -0.15) is 0 Å². The molecule has 1 aromatic carbocycles. The van der Waals surface area contributed by atoms with Crippen molar-refractivity contribution in [3.63, 3.8) is 0 Å². The molecular formula is C12H14FNO2. The smallest absolute Gasteiger partial charge is 0.172 e. The standard InChI is InChI=1S/C12H14FNO2/c1-14-7-10(15-2)9-4-3-8-5-6-16-12(8)11(9)13/h3-6,10,14H,7H2,1-2H3. The summed E-state index contributed by atoms with van der Waals surface area (Å²) in [5, 5.41) is 3.73. The number of nitrogens with one attached hydrogen (secondary N) is 1. The van der Waals surface area contributed by atoms with Gasteiger partial charge in [0.15, 0.2) is 11.4 Å². The largest absolute Gasteiger partial charge is 0.461 e. The minimum absolute atomic E-state index is 0.288. The van der Waals surface area contributed by atoms with E-state index in [1.807, 2.05) is 6.07 Å². The van der Waals surface area contributed by atoms with Crippen molar-refractivity contribution in [2.75, 3.05) is 20.7 Å². The van der Waals surface area contributed by atoms with Gasteiger partial charge in [0, 0.05) is 24.6 Å². The molecule has 4 heteroatoms. The Morgan fingerprint density at radius 3 is 2.94 bits per heavy atom. The van der Waals surface area contributed by atoms with Crippen molar-refractivity contribution >= 4 is 11.0 Å². The average Bonchev–Trinajstić information content (AvgIpc) is 2.76. The van der Waals surface area contributed by atoms with E-state index in [1.165, 1.54) is 6.26 Å². The summed E-state index contributed by atoms with van der Waals surface area (Å²) in [5.74, 6) is -0.343. The molecule has 3 nitrogen and oxygen atoms in total. The third-order valence-corrected chi connectivity index (χ3v) is 2.61. The Balaban J connectivity index is 2.46. The van der Waals surface area contributed by atoms with Gasteiger partial charge in [-0.25, -0.2) is 4.39 Å². The molecule has 86 valence electrons. The van der Waals surface area contributed by atoms with E-state index in [0.717, 1.165) is 5.39 Å². The van der Waals surface area contributed by atoms with Gasteiger partial charge in [0.1, 0.15) is 0 Å². The molecule has 1 unspecified atom stereocenters. The molecule has 0 bridgehead atoms. The first-order chi connectivity index (χ1) is 7.77. The number of furan rings is 1. The number of fused-ring (bicyclic) bond motifs is 1. The molecule has 0 aliphatic carbocycles. The third-order valence-electron chi connectivity index (χ3n) is 2.61. The first kappa shape index (κ1) is 11.1. The van der Waals surface area contributed by atoms with Crippen LogP contribution < -0.4 is 5.32 Å². The van der Waals surface area contributed by atoms with Gasteiger partial charge in [-0.1, -0.05) is 12.1 Å². The molecule has 2 aromatic rings. The summed E-state index contributed by atoms with van der Waals surface area (Å²) in [7, 11) is 3.36. The second-order valence-corrected chi connectivity index (χ2v) is 3.59. The molecular weight excluding hydrogens is 209 g/mol. The third kappa shape index (κ3) is 1.81. The lowest BCUT2D eigenvalue weighted by molar-refractivity contribution is 0.101. The summed E-state index contributed by atoms with van der Waals surface area (Å²) in [6.45, 7) is 0.555. The fourth-order valence-corrected chi connectivity index (χ4v) is 1.77. The van der Waals surface area contributed by atoms with Crippen LogP contribution in [0.2, 0.25) is 0 Å². The molecule has 1 N–H and O–H groups in total. The van der Waals surface area contributed by atoms with E-state index >= 15 is 0 Å². The number of hydrogen-bond acceptors (Lipinski definition) is 3. The van der Waals surface area contributed by atoms with Crippen LogP contribution in [0.4, 0.5) is 4.39 Å². The molecule has 0 spiro atoms. The molecule has 1 aromatic heterocycles. The molecule has 0 radical (unpaired) electrons. The average molecular weight is 223 g/mol. The summed E-state index contributed by atoms with van der Waals surface area (Å²) in [6.07, 6.45) is 1.18. The Labute approximate surface area is 93.2 Å². The Kier molecular flexibility index (Phi) is 3.22. The Morgan fingerprint density at radius 1 is 1.44 bits per heavy atom. The molecule has 1 heterocycles. The minimum Gasteiger partial charge on any atom is -0.461 e.